The fourth-order valence-electron chi connectivity index (χ4n) is 3.62. The quantitative estimate of drug-likeness (QED) is 0.599. The summed E-state index contributed by atoms with van der Waals surface area (Å²) >= 11 is 0. The molecule has 1 fully saturated rings. The van der Waals surface area contributed by atoms with Crippen LogP contribution in [0.2, 0.25) is 0 Å². The average Bonchev–Trinajstić information content (AvgIpc) is 3.12. The summed E-state index contributed by atoms with van der Waals surface area (Å²) in [5.41, 5.74) is 1.33. The van der Waals surface area contributed by atoms with Gasteiger partial charge in [-0.1, -0.05) is 12.1 Å². The number of nitrogens with one attached hydrogen (secondary N) is 1. The Bertz CT molecular complexity index is 980. The number of alkyl halides is 3. The fourth-order valence-corrected chi connectivity index (χ4v) is 3.62. The van der Waals surface area contributed by atoms with Gasteiger partial charge in [-0.15, -0.1) is 13.2 Å². The number of para-hydroxylation sites is 2. The summed E-state index contributed by atoms with van der Waals surface area (Å²) in [7, 11) is 2.00. The largest absolute Gasteiger partial charge is 0.573 e. The number of ether oxygens (including phenoxy) is 2. The molecule has 1 aromatic heterocycles. The SMILES string of the molecule is CN1CCC(OC(c2nc3ccccc3[nH]2)c2cc(OC(F)(F)F)ccc2F)CC1. The first-order valence-corrected chi connectivity index (χ1v) is 9.62. The van der Waals surface area contributed by atoms with Crippen molar-refractivity contribution in [3.63, 3.8) is 0 Å². The van der Waals surface area contributed by atoms with Gasteiger partial charge in [-0.05, 0) is 50.2 Å². The van der Waals surface area contributed by atoms with Crippen molar-refractivity contribution in [3.8, 4) is 5.75 Å². The molecule has 2 heterocycles. The third kappa shape index (κ3) is 4.73. The number of imidazole rings is 1. The first-order valence-electron chi connectivity index (χ1n) is 9.62. The zero-order valence-corrected chi connectivity index (χ0v) is 16.2. The summed E-state index contributed by atoms with van der Waals surface area (Å²) in [6.07, 6.45) is -4.59. The lowest BCUT2D eigenvalue weighted by Gasteiger charge is -2.31. The Hall–Kier alpha value is -2.65. The van der Waals surface area contributed by atoms with Crippen LogP contribution in [0.4, 0.5) is 17.6 Å². The molecule has 1 aliphatic rings. The van der Waals surface area contributed by atoms with Gasteiger partial charge in [-0.25, -0.2) is 9.37 Å². The standard InChI is InChI=1S/C21H21F4N3O2/c1-28-10-8-13(9-11-28)29-19(20-26-17-4-2-3-5-18(17)27-20)15-12-14(6-7-16(15)22)30-21(23,24)25/h2-7,12-13,19H,8-11H2,1H3,(H,26,27). The van der Waals surface area contributed by atoms with Gasteiger partial charge < -0.3 is 19.4 Å². The van der Waals surface area contributed by atoms with E-state index in [1.54, 1.807) is 6.07 Å². The molecule has 5 nitrogen and oxygen atoms in total. The van der Waals surface area contributed by atoms with Crippen molar-refractivity contribution in [3.05, 3.63) is 59.7 Å². The molecule has 1 atom stereocenters. The van der Waals surface area contributed by atoms with E-state index in [-0.39, 0.29) is 11.7 Å². The summed E-state index contributed by atoms with van der Waals surface area (Å²) in [5, 5.41) is 0. The van der Waals surface area contributed by atoms with Crippen molar-refractivity contribution in [2.45, 2.75) is 31.4 Å². The van der Waals surface area contributed by atoms with E-state index in [9.17, 15) is 17.6 Å². The van der Waals surface area contributed by atoms with Gasteiger partial charge >= 0.3 is 6.36 Å². The van der Waals surface area contributed by atoms with Crippen molar-refractivity contribution >= 4 is 11.0 Å². The fraction of sp³-hybridized carbons (Fsp3) is 0.381. The predicted molar refractivity (Wildman–Crippen MR) is 103 cm³/mol. The molecular weight excluding hydrogens is 402 g/mol. The number of benzene rings is 2. The van der Waals surface area contributed by atoms with Gasteiger partial charge in [-0.2, -0.15) is 0 Å². The summed E-state index contributed by atoms with van der Waals surface area (Å²) < 4.78 is 63.0. The van der Waals surface area contributed by atoms with Crippen LogP contribution in [0.3, 0.4) is 0 Å². The summed E-state index contributed by atoms with van der Waals surface area (Å²) in [5.74, 6) is -0.868. The Morgan fingerprint density at radius 3 is 2.57 bits per heavy atom. The van der Waals surface area contributed by atoms with E-state index in [0.29, 0.717) is 11.3 Å². The Morgan fingerprint density at radius 1 is 1.13 bits per heavy atom. The van der Waals surface area contributed by atoms with E-state index < -0.39 is 24.0 Å². The number of rotatable bonds is 5. The lowest BCUT2D eigenvalue weighted by Crippen LogP contribution is -2.35. The molecule has 160 valence electrons. The van der Waals surface area contributed by atoms with Crippen LogP contribution < -0.4 is 4.74 Å². The summed E-state index contributed by atoms with van der Waals surface area (Å²) in [4.78, 5) is 9.77. The van der Waals surface area contributed by atoms with Crippen LogP contribution in [0.5, 0.6) is 5.75 Å². The van der Waals surface area contributed by atoms with Crippen LogP contribution in [0.25, 0.3) is 11.0 Å². The lowest BCUT2D eigenvalue weighted by atomic mass is 10.0. The summed E-state index contributed by atoms with van der Waals surface area (Å²) in [6.45, 7) is 1.63. The molecule has 1 unspecified atom stereocenters. The topological polar surface area (TPSA) is 50.4 Å². The van der Waals surface area contributed by atoms with Crippen molar-refractivity contribution in [1.29, 1.82) is 0 Å². The van der Waals surface area contributed by atoms with Crippen LogP contribution >= 0.6 is 0 Å². The van der Waals surface area contributed by atoms with E-state index in [0.717, 1.165) is 49.6 Å². The number of fused-ring (bicyclic) bond motifs is 1. The third-order valence-electron chi connectivity index (χ3n) is 5.13. The minimum Gasteiger partial charge on any atom is -0.406 e. The highest BCUT2D eigenvalue weighted by Crippen LogP contribution is 2.34. The van der Waals surface area contributed by atoms with Gasteiger partial charge in [0, 0.05) is 18.7 Å². The molecule has 0 bridgehead atoms. The zero-order chi connectivity index (χ0) is 21.3. The van der Waals surface area contributed by atoms with Gasteiger partial charge in [0.05, 0.1) is 17.1 Å². The predicted octanol–water partition coefficient (Wildman–Crippen LogP) is 4.80. The first-order chi connectivity index (χ1) is 14.3. The number of hydrogen-bond acceptors (Lipinski definition) is 4. The molecule has 0 spiro atoms. The van der Waals surface area contributed by atoms with E-state index in [1.807, 2.05) is 25.2 Å². The second kappa shape index (κ2) is 8.23. The smallest absolute Gasteiger partial charge is 0.406 e. The third-order valence-corrected chi connectivity index (χ3v) is 5.13. The van der Waals surface area contributed by atoms with Gasteiger partial charge in [0.1, 0.15) is 23.5 Å². The molecule has 0 amide bonds. The van der Waals surface area contributed by atoms with Gasteiger partial charge in [0.15, 0.2) is 0 Å². The maximum absolute atomic E-state index is 14.7. The monoisotopic (exact) mass is 423 g/mol. The van der Waals surface area contributed by atoms with Gasteiger partial charge in [0.2, 0.25) is 0 Å². The van der Waals surface area contributed by atoms with Crippen molar-refractivity contribution < 1.29 is 27.0 Å². The molecule has 3 aromatic rings. The van der Waals surface area contributed by atoms with E-state index in [2.05, 4.69) is 19.6 Å². The Labute approximate surface area is 170 Å². The van der Waals surface area contributed by atoms with Crippen LogP contribution in [0, 0.1) is 5.82 Å². The zero-order valence-electron chi connectivity index (χ0n) is 16.2. The molecule has 1 N–H and O–H groups in total. The minimum atomic E-state index is -4.88. The molecule has 4 rings (SSSR count). The van der Waals surface area contributed by atoms with Gasteiger partial charge in [-0.3, -0.25) is 0 Å². The van der Waals surface area contributed by atoms with Crippen LogP contribution in [-0.4, -0.2) is 47.5 Å². The number of halogens is 4. The number of aromatic amines is 1. The summed E-state index contributed by atoms with van der Waals surface area (Å²) in [6, 6.07) is 10.2. The molecule has 1 saturated heterocycles. The van der Waals surface area contributed by atoms with Crippen molar-refractivity contribution in [1.82, 2.24) is 14.9 Å². The number of hydrogen-bond donors (Lipinski definition) is 1. The van der Waals surface area contributed by atoms with E-state index >= 15 is 0 Å². The molecular formula is C21H21F4N3O2. The number of H-pyrrole nitrogens is 1. The highest BCUT2D eigenvalue weighted by molar-refractivity contribution is 5.74. The second-order valence-electron chi connectivity index (χ2n) is 7.39. The normalized spacial score (nSPS) is 17.4. The molecule has 9 heteroatoms. The molecule has 0 radical (unpaired) electrons. The molecule has 1 aliphatic heterocycles. The molecule has 0 saturated carbocycles. The molecule has 2 aromatic carbocycles. The first kappa shape index (κ1) is 20.6. The Balaban J connectivity index is 1.72. The average molecular weight is 423 g/mol. The van der Waals surface area contributed by atoms with Crippen LogP contribution in [-0.2, 0) is 4.74 Å². The minimum absolute atomic E-state index is 0.0604. The Kier molecular flexibility index (Phi) is 5.66. The van der Waals surface area contributed by atoms with Crippen molar-refractivity contribution in [2.75, 3.05) is 20.1 Å². The van der Waals surface area contributed by atoms with E-state index in [1.165, 1.54) is 0 Å². The number of aromatic nitrogens is 2. The van der Waals surface area contributed by atoms with E-state index in [4.69, 9.17) is 4.74 Å². The van der Waals surface area contributed by atoms with Crippen LogP contribution in [0.1, 0.15) is 30.3 Å². The molecule has 30 heavy (non-hydrogen) atoms. The number of likely N-dealkylation sites (tertiary alicyclic amines) is 1. The van der Waals surface area contributed by atoms with Gasteiger partial charge in [0.25, 0.3) is 0 Å². The second-order valence-corrected chi connectivity index (χ2v) is 7.39. The highest BCUT2D eigenvalue weighted by atomic mass is 19.4. The molecule has 0 aliphatic carbocycles. The Morgan fingerprint density at radius 2 is 1.87 bits per heavy atom. The maximum atomic E-state index is 14.7. The maximum Gasteiger partial charge on any atom is 0.573 e. The lowest BCUT2D eigenvalue weighted by molar-refractivity contribution is -0.274. The highest BCUT2D eigenvalue weighted by Gasteiger charge is 2.33. The number of piperidine rings is 1. The van der Waals surface area contributed by atoms with Crippen LogP contribution in [0.15, 0.2) is 42.5 Å². The van der Waals surface area contributed by atoms with Crippen molar-refractivity contribution in [2.24, 2.45) is 0 Å². The number of nitrogens with zero attached hydrogens (tertiary/aromatic N) is 2.